The van der Waals surface area contributed by atoms with Gasteiger partial charge in [0.2, 0.25) is 0 Å². The van der Waals surface area contributed by atoms with Crippen molar-refractivity contribution in [2.45, 2.75) is 9.79 Å². The Balaban J connectivity index is 2.11. The lowest BCUT2D eigenvalue weighted by atomic mass is 10.2. The molecule has 96 valence electrons. The Morgan fingerprint density at radius 3 is 2.89 bits per heavy atom. The van der Waals surface area contributed by atoms with E-state index in [1.165, 1.54) is 0 Å². The summed E-state index contributed by atoms with van der Waals surface area (Å²) in [4.78, 5) is 6.63. The first kappa shape index (κ1) is 12.5. The molecule has 0 atom stereocenters. The summed E-state index contributed by atoms with van der Waals surface area (Å²) in [5.41, 5.74) is 7.65. The number of rotatable bonds is 2. The molecular weight excluding hydrogens is 324 g/mol. The number of halogens is 1. The van der Waals surface area contributed by atoms with Gasteiger partial charge in [-0.1, -0.05) is 11.8 Å². The quantitative estimate of drug-likeness (QED) is 0.729. The Bertz CT molecular complexity index is 753. The van der Waals surface area contributed by atoms with E-state index >= 15 is 0 Å². The highest BCUT2D eigenvalue weighted by molar-refractivity contribution is 9.10. The van der Waals surface area contributed by atoms with Gasteiger partial charge in [-0.2, -0.15) is 5.10 Å². The second kappa shape index (κ2) is 4.86. The van der Waals surface area contributed by atoms with Gasteiger partial charge in [0.1, 0.15) is 0 Å². The molecular formula is C13H11BrN4S. The van der Waals surface area contributed by atoms with Crippen LogP contribution < -0.4 is 5.73 Å². The molecule has 2 aromatic heterocycles. The van der Waals surface area contributed by atoms with E-state index < -0.39 is 0 Å². The standard InChI is InChI=1S/C13H11BrN4S/c1-18-7-9(6-17-18)19-12-3-2-11(15)10-4-8(14)5-16-13(10)12/h2-7H,15H2,1H3. The zero-order valence-corrected chi connectivity index (χ0v) is 12.6. The van der Waals surface area contributed by atoms with Crippen molar-refractivity contribution in [3.8, 4) is 0 Å². The van der Waals surface area contributed by atoms with Gasteiger partial charge in [-0.05, 0) is 34.1 Å². The van der Waals surface area contributed by atoms with Crippen LogP contribution in [0, 0.1) is 0 Å². The van der Waals surface area contributed by atoms with E-state index in [2.05, 4.69) is 26.0 Å². The van der Waals surface area contributed by atoms with Gasteiger partial charge < -0.3 is 5.73 Å². The van der Waals surface area contributed by atoms with Gasteiger partial charge in [0.25, 0.3) is 0 Å². The lowest BCUT2D eigenvalue weighted by Crippen LogP contribution is -1.90. The molecule has 0 saturated heterocycles. The van der Waals surface area contributed by atoms with Crippen LogP contribution in [0.1, 0.15) is 0 Å². The monoisotopic (exact) mass is 334 g/mol. The number of fused-ring (bicyclic) bond motifs is 1. The van der Waals surface area contributed by atoms with Crippen LogP contribution in [0.4, 0.5) is 5.69 Å². The van der Waals surface area contributed by atoms with E-state index in [0.717, 1.165) is 30.9 Å². The van der Waals surface area contributed by atoms with Gasteiger partial charge in [-0.25, -0.2) is 0 Å². The molecule has 4 nitrogen and oxygen atoms in total. The van der Waals surface area contributed by atoms with Crippen LogP contribution in [0.2, 0.25) is 0 Å². The summed E-state index contributed by atoms with van der Waals surface area (Å²) in [6, 6.07) is 5.90. The predicted octanol–water partition coefficient (Wildman–Crippen LogP) is 3.46. The SMILES string of the molecule is Cn1cc(Sc2ccc(N)c3cc(Br)cnc23)cn1. The van der Waals surface area contributed by atoms with Crippen LogP contribution in [0.5, 0.6) is 0 Å². The van der Waals surface area contributed by atoms with Crippen molar-refractivity contribution in [1.82, 2.24) is 14.8 Å². The summed E-state index contributed by atoms with van der Waals surface area (Å²) in [5.74, 6) is 0. The first-order valence-electron chi connectivity index (χ1n) is 5.64. The van der Waals surface area contributed by atoms with Gasteiger partial charge in [-0.3, -0.25) is 9.67 Å². The van der Waals surface area contributed by atoms with Gasteiger partial charge >= 0.3 is 0 Å². The topological polar surface area (TPSA) is 56.7 Å². The summed E-state index contributed by atoms with van der Waals surface area (Å²) < 4.78 is 2.71. The fourth-order valence-electron chi connectivity index (χ4n) is 1.85. The van der Waals surface area contributed by atoms with Crippen molar-refractivity contribution in [3.05, 3.63) is 41.3 Å². The number of aromatic nitrogens is 3. The molecule has 1 aromatic carbocycles. The first-order chi connectivity index (χ1) is 9.13. The zero-order chi connectivity index (χ0) is 13.4. The number of anilines is 1. The van der Waals surface area contributed by atoms with E-state index in [0.29, 0.717) is 0 Å². The average molecular weight is 335 g/mol. The molecule has 2 N–H and O–H groups in total. The molecule has 0 saturated carbocycles. The third-order valence-corrected chi connectivity index (χ3v) is 4.15. The minimum atomic E-state index is 0.735. The Labute approximate surface area is 123 Å². The second-order valence-electron chi connectivity index (χ2n) is 4.15. The van der Waals surface area contributed by atoms with Crippen LogP contribution in [0.25, 0.3) is 10.9 Å². The van der Waals surface area contributed by atoms with Crippen molar-refractivity contribution in [3.63, 3.8) is 0 Å². The summed E-state index contributed by atoms with van der Waals surface area (Å²) >= 11 is 5.06. The minimum absolute atomic E-state index is 0.735. The molecule has 2 heterocycles. The summed E-state index contributed by atoms with van der Waals surface area (Å²) in [7, 11) is 1.90. The molecule has 0 amide bonds. The molecule has 0 aliphatic carbocycles. The fourth-order valence-corrected chi connectivity index (χ4v) is 3.14. The predicted molar refractivity (Wildman–Crippen MR) is 81.2 cm³/mol. The number of pyridine rings is 1. The van der Waals surface area contributed by atoms with E-state index in [1.807, 2.05) is 37.6 Å². The van der Waals surface area contributed by atoms with Crippen molar-refractivity contribution in [2.75, 3.05) is 5.73 Å². The number of nitrogens with two attached hydrogens (primary N) is 1. The molecule has 3 rings (SSSR count). The molecule has 19 heavy (non-hydrogen) atoms. The van der Waals surface area contributed by atoms with Crippen LogP contribution in [-0.4, -0.2) is 14.8 Å². The van der Waals surface area contributed by atoms with Crippen molar-refractivity contribution in [2.24, 2.45) is 7.05 Å². The van der Waals surface area contributed by atoms with Crippen LogP contribution in [0.15, 0.2) is 51.1 Å². The molecule has 0 fully saturated rings. The lowest BCUT2D eigenvalue weighted by Gasteiger charge is -2.07. The third-order valence-electron chi connectivity index (χ3n) is 2.72. The maximum Gasteiger partial charge on any atom is 0.0862 e. The lowest BCUT2D eigenvalue weighted by molar-refractivity contribution is 0.766. The van der Waals surface area contributed by atoms with Gasteiger partial charge in [0.05, 0.1) is 16.6 Å². The molecule has 0 spiro atoms. The molecule has 0 aliphatic rings. The van der Waals surface area contributed by atoms with Crippen LogP contribution in [-0.2, 0) is 7.05 Å². The van der Waals surface area contributed by atoms with E-state index in [4.69, 9.17) is 5.73 Å². The number of nitrogen functional groups attached to an aromatic ring is 1. The number of nitrogens with zero attached hydrogens (tertiary/aromatic N) is 3. The third kappa shape index (κ3) is 2.46. The molecule has 6 heteroatoms. The Hall–Kier alpha value is -1.53. The first-order valence-corrected chi connectivity index (χ1v) is 7.24. The van der Waals surface area contributed by atoms with Crippen molar-refractivity contribution >= 4 is 44.3 Å². The maximum atomic E-state index is 6.00. The highest BCUT2D eigenvalue weighted by Crippen LogP contribution is 2.35. The Morgan fingerprint density at radius 1 is 1.32 bits per heavy atom. The highest BCUT2D eigenvalue weighted by atomic mass is 79.9. The molecule has 0 aliphatic heterocycles. The van der Waals surface area contributed by atoms with Gasteiger partial charge in [-0.15, -0.1) is 0 Å². The Kier molecular flexibility index (Phi) is 3.20. The van der Waals surface area contributed by atoms with Crippen molar-refractivity contribution in [1.29, 1.82) is 0 Å². The second-order valence-corrected chi connectivity index (χ2v) is 6.19. The van der Waals surface area contributed by atoms with Crippen LogP contribution >= 0.6 is 27.7 Å². The summed E-state index contributed by atoms with van der Waals surface area (Å²) in [5, 5.41) is 5.13. The zero-order valence-electron chi connectivity index (χ0n) is 10.2. The Morgan fingerprint density at radius 2 is 2.16 bits per heavy atom. The molecule has 0 unspecified atom stereocenters. The van der Waals surface area contributed by atoms with E-state index in [9.17, 15) is 0 Å². The molecule has 0 radical (unpaired) electrons. The van der Waals surface area contributed by atoms with Crippen molar-refractivity contribution < 1.29 is 0 Å². The maximum absolute atomic E-state index is 6.00. The van der Waals surface area contributed by atoms with E-state index in [-0.39, 0.29) is 0 Å². The molecule has 0 bridgehead atoms. The average Bonchev–Trinajstić information content (AvgIpc) is 2.79. The van der Waals surface area contributed by atoms with E-state index in [1.54, 1.807) is 22.6 Å². The number of hydrogen-bond acceptors (Lipinski definition) is 4. The van der Waals surface area contributed by atoms with Crippen LogP contribution in [0.3, 0.4) is 0 Å². The largest absolute Gasteiger partial charge is 0.398 e. The van der Waals surface area contributed by atoms with Gasteiger partial charge in [0.15, 0.2) is 0 Å². The number of aryl methyl sites for hydroxylation is 1. The smallest absolute Gasteiger partial charge is 0.0862 e. The highest BCUT2D eigenvalue weighted by Gasteiger charge is 2.08. The van der Waals surface area contributed by atoms with Gasteiger partial charge in [0, 0.05) is 39.9 Å². The summed E-state index contributed by atoms with van der Waals surface area (Å²) in [6.45, 7) is 0. The minimum Gasteiger partial charge on any atom is -0.398 e. The summed E-state index contributed by atoms with van der Waals surface area (Å²) in [6.07, 6.45) is 5.60. The molecule has 3 aromatic rings. The normalized spacial score (nSPS) is 11.1. The number of benzene rings is 1. The fraction of sp³-hybridized carbons (Fsp3) is 0.0769. The number of hydrogen-bond donors (Lipinski definition) is 1.